The van der Waals surface area contributed by atoms with Crippen molar-refractivity contribution in [1.29, 1.82) is 0 Å². The van der Waals surface area contributed by atoms with Crippen LogP contribution in [0.2, 0.25) is 0 Å². The van der Waals surface area contributed by atoms with Gasteiger partial charge in [-0.1, -0.05) is 19.9 Å². The molecule has 0 aromatic carbocycles. The number of fused-ring (bicyclic) bond motifs is 2. The summed E-state index contributed by atoms with van der Waals surface area (Å²) >= 11 is 0. The summed E-state index contributed by atoms with van der Waals surface area (Å²) in [5.41, 5.74) is -2.35. The number of carbonyl (C=O) groups is 2. The van der Waals surface area contributed by atoms with E-state index in [1.807, 2.05) is 6.92 Å². The molecule has 0 amide bonds. The minimum Gasteiger partial charge on any atom is -0.465 e. The lowest BCUT2D eigenvalue weighted by Gasteiger charge is -2.74. The van der Waals surface area contributed by atoms with Crippen molar-refractivity contribution in [3.05, 3.63) is 12.2 Å². The summed E-state index contributed by atoms with van der Waals surface area (Å²) in [6.45, 7) is 7.63. The van der Waals surface area contributed by atoms with Crippen molar-refractivity contribution in [2.45, 2.75) is 63.9 Å². The van der Waals surface area contributed by atoms with E-state index in [-0.39, 0.29) is 30.9 Å². The van der Waals surface area contributed by atoms with Crippen LogP contribution in [0.1, 0.15) is 46.0 Å². The van der Waals surface area contributed by atoms with Gasteiger partial charge < -0.3 is 24.8 Å². The number of hydrogen-bond donors (Lipinski definition) is 3. The Labute approximate surface area is 170 Å². The van der Waals surface area contributed by atoms with Gasteiger partial charge in [0, 0.05) is 29.6 Å². The fourth-order valence-corrected chi connectivity index (χ4v) is 8.24. The molecule has 6 aliphatic rings. The molecule has 9 atom stereocenters. The Morgan fingerprint density at radius 2 is 2.00 bits per heavy atom. The van der Waals surface area contributed by atoms with Crippen LogP contribution in [0.4, 0.5) is 0 Å². The van der Waals surface area contributed by atoms with Crippen LogP contribution in [0.3, 0.4) is 0 Å². The van der Waals surface area contributed by atoms with Crippen molar-refractivity contribution in [1.82, 2.24) is 0 Å². The van der Waals surface area contributed by atoms with E-state index < -0.39 is 46.1 Å². The molecule has 0 aromatic rings. The van der Waals surface area contributed by atoms with Crippen molar-refractivity contribution in [3.8, 4) is 0 Å². The molecule has 2 spiro atoms. The summed E-state index contributed by atoms with van der Waals surface area (Å²) in [7, 11) is 0. The standard InChI is InChI=1S/C22H30O7/c1-11-13-5-6-14-20-8-4-7-19(3,9-28-12(2)23)15(20)18(26)22(27,29-10-20)21(14,16(11)24)17(13)25/h13-15,17-18,25-27H,1,4-10H2,2-3H3/t13-,14-,15-,17+,18+,19+,20-,21-,22+/m1/s1. The van der Waals surface area contributed by atoms with Crippen LogP contribution in [-0.2, 0) is 19.1 Å². The number of hydrogen-bond acceptors (Lipinski definition) is 7. The fraction of sp³-hybridized carbons (Fsp3) is 0.818. The number of aliphatic hydroxyl groups is 3. The molecule has 6 fully saturated rings. The Balaban J connectivity index is 1.68. The molecule has 3 N–H and O–H groups in total. The molecule has 7 heteroatoms. The van der Waals surface area contributed by atoms with Crippen LogP contribution < -0.4 is 0 Å². The first-order valence-electron chi connectivity index (χ1n) is 10.7. The molecule has 29 heavy (non-hydrogen) atoms. The Morgan fingerprint density at radius 1 is 1.28 bits per heavy atom. The van der Waals surface area contributed by atoms with Crippen molar-refractivity contribution < 1.29 is 34.4 Å². The molecule has 0 radical (unpaired) electrons. The number of esters is 1. The normalized spacial score (nSPS) is 55.4. The summed E-state index contributed by atoms with van der Waals surface area (Å²) in [5.74, 6) is -4.02. The van der Waals surface area contributed by atoms with Crippen LogP contribution in [0.5, 0.6) is 0 Å². The summed E-state index contributed by atoms with van der Waals surface area (Å²) < 4.78 is 11.3. The molecule has 2 aliphatic heterocycles. The fourth-order valence-electron chi connectivity index (χ4n) is 8.24. The topological polar surface area (TPSA) is 113 Å². The van der Waals surface area contributed by atoms with Gasteiger partial charge in [0.25, 0.3) is 0 Å². The number of Topliss-reactive ketones (excluding diaryl/α,β-unsaturated/α-hetero) is 1. The minimum absolute atomic E-state index is 0.146. The van der Waals surface area contributed by atoms with Gasteiger partial charge in [0.2, 0.25) is 5.79 Å². The van der Waals surface area contributed by atoms with Gasteiger partial charge in [-0.25, -0.2) is 0 Å². The van der Waals surface area contributed by atoms with Gasteiger partial charge in [0.15, 0.2) is 5.78 Å². The molecule has 4 aliphatic carbocycles. The minimum atomic E-state index is -2.17. The van der Waals surface area contributed by atoms with Gasteiger partial charge >= 0.3 is 5.97 Å². The highest BCUT2D eigenvalue weighted by atomic mass is 16.6. The number of aliphatic hydroxyl groups excluding tert-OH is 2. The van der Waals surface area contributed by atoms with E-state index in [0.29, 0.717) is 18.4 Å². The summed E-state index contributed by atoms with van der Waals surface area (Å²) in [6, 6.07) is 0. The van der Waals surface area contributed by atoms with E-state index in [0.717, 1.165) is 19.3 Å². The van der Waals surface area contributed by atoms with Gasteiger partial charge in [-0.3, -0.25) is 9.59 Å². The van der Waals surface area contributed by atoms with E-state index in [9.17, 15) is 24.9 Å². The molecule has 4 saturated carbocycles. The highest BCUT2D eigenvalue weighted by Crippen LogP contribution is 2.76. The van der Waals surface area contributed by atoms with E-state index in [4.69, 9.17) is 9.47 Å². The predicted molar refractivity (Wildman–Crippen MR) is 100 cm³/mol. The van der Waals surface area contributed by atoms with Crippen molar-refractivity contribution in [2.24, 2.45) is 34.0 Å². The number of rotatable bonds is 2. The zero-order chi connectivity index (χ0) is 21.0. The highest BCUT2D eigenvalue weighted by Gasteiger charge is 2.85. The number of ketones is 1. The lowest BCUT2D eigenvalue weighted by Crippen LogP contribution is -2.84. The molecular formula is C22H30O7. The van der Waals surface area contributed by atoms with Crippen LogP contribution in [0, 0.1) is 34.0 Å². The first kappa shape index (κ1) is 19.7. The molecule has 2 saturated heterocycles. The van der Waals surface area contributed by atoms with Crippen LogP contribution in [0.15, 0.2) is 12.2 Å². The summed E-state index contributed by atoms with van der Waals surface area (Å²) in [6.07, 6.45) is 1.15. The zero-order valence-corrected chi connectivity index (χ0v) is 17.0. The second kappa shape index (κ2) is 5.69. The predicted octanol–water partition coefficient (Wildman–Crippen LogP) is 0.948. The Kier molecular flexibility index (Phi) is 3.86. The van der Waals surface area contributed by atoms with Gasteiger partial charge in [-0.15, -0.1) is 0 Å². The van der Waals surface area contributed by atoms with Gasteiger partial charge in [0.05, 0.1) is 19.3 Å². The zero-order valence-electron chi connectivity index (χ0n) is 17.0. The summed E-state index contributed by atoms with van der Waals surface area (Å²) in [4.78, 5) is 25.0. The third-order valence-corrected chi connectivity index (χ3v) is 9.21. The maximum Gasteiger partial charge on any atom is 0.302 e. The lowest BCUT2D eigenvalue weighted by molar-refractivity contribution is -0.450. The molecule has 4 bridgehead atoms. The van der Waals surface area contributed by atoms with E-state index in [1.54, 1.807) is 0 Å². The molecule has 7 nitrogen and oxygen atoms in total. The largest absolute Gasteiger partial charge is 0.465 e. The average molecular weight is 406 g/mol. The van der Waals surface area contributed by atoms with Crippen LogP contribution in [-0.4, -0.2) is 58.3 Å². The van der Waals surface area contributed by atoms with Gasteiger partial charge in [0.1, 0.15) is 11.5 Å². The smallest absolute Gasteiger partial charge is 0.302 e. The third-order valence-electron chi connectivity index (χ3n) is 9.21. The van der Waals surface area contributed by atoms with Crippen LogP contribution >= 0.6 is 0 Å². The third kappa shape index (κ3) is 1.94. The molecule has 6 rings (SSSR count). The van der Waals surface area contributed by atoms with Gasteiger partial charge in [-0.2, -0.15) is 0 Å². The monoisotopic (exact) mass is 406 g/mol. The van der Waals surface area contributed by atoms with Crippen molar-refractivity contribution in [2.75, 3.05) is 13.2 Å². The lowest BCUT2D eigenvalue weighted by atomic mass is 9.36. The van der Waals surface area contributed by atoms with Crippen LogP contribution in [0.25, 0.3) is 0 Å². The SMILES string of the molecule is C=C1C(=O)[C@]23[C@H](CC[C@H]1[C@@H]2O)[C@]12CCC[C@@](C)(COC(C)=O)[C@H]1[C@H](O)[C@]3(O)OC2. The van der Waals surface area contributed by atoms with E-state index in [2.05, 4.69) is 6.58 Å². The molecule has 2 heterocycles. The number of carbonyl (C=O) groups excluding carboxylic acids is 2. The Bertz CT molecular complexity index is 809. The summed E-state index contributed by atoms with van der Waals surface area (Å²) in [5, 5.41) is 34.5. The quantitative estimate of drug-likeness (QED) is 0.462. The average Bonchev–Trinajstić information content (AvgIpc) is 2.77. The highest BCUT2D eigenvalue weighted by molar-refractivity contribution is 6.05. The molecule has 0 aromatic heterocycles. The van der Waals surface area contributed by atoms with Crippen molar-refractivity contribution >= 4 is 11.8 Å². The Hall–Kier alpha value is -1.28. The molecular weight excluding hydrogens is 376 g/mol. The first-order valence-corrected chi connectivity index (χ1v) is 10.7. The maximum absolute atomic E-state index is 13.5. The molecule has 0 unspecified atom stereocenters. The van der Waals surface area contributed by atoms with Crippen molar-refractivity contribution in [3.63, 3.8) is 0 Å². The van der Waals surface area contributed by atoms with Gasteiger partial charge in [-0.05, 0) is 37.2 Å². The maximum atomic E-state index is 13.5. The number of ether oxygens (including phenoxy) is 2. The van der Waals surface area contributed by atoms with E-state index >= 15 is 0 Å². The Morgan fingerprint density at radius 3 is 2.69 bits per heavy atom. The second-order valence-corrected chi connectivity index (χ2v) is 10.3. The molecule has 160 valence electrons. The van der Waals surface area contributed by atoms with E-state index in [1.165, 1.54) is 6.92 Å². The first-order chi connectivity index (χ1) is 13.6. The second-order valence-electron chi connectivity index (χ2n) is 10.3.